The maximum absolute atomic E-state index is 12.4. The second-order valence-corrected chi connectivity index (χ2v) is 6.60. The molecule has 1 N–H and O–H groups in total. The zero-order chi connectivity index (χ0) is 13.3. The Labute approximate surface area is 108 Å². The molecule has 3 atom stereocenters. The highest BCUT2D eigenvalue weighted by Gasteiger charge is 2.54. The second-order valence-electron chi connectivity index (χ2n) is 4.75. The summed E-state index contributed by atoms with van der Waals surface area (Å²) in [7, 11) is -3.44. The summed E-state index contributed by atoms with van der Waals surface area (Å²) in [5, 5.41) is 9.22. The summed E-state index contributed by atoms with van der Waals surface area (Å²) in [5.41, 5.74) is 1.03. The zero-order valence-electron chi connectivity index (χ0n) is 10.7. The topological polar surface area (TPSA) is 57.4 Å². The first-order valence-electron chi connectivity index (χ1n) is 6.23. The van der Waals surface area contributed by atoms with Gasteiger partial charge in [-0.3, -0.25) is 0 Å². The first-order chi connectivity index (χ1) is 8.52. The van der Waals surface area contributed by atoms with Crippen molar-refractivity contribution in [1.82, 2.24) is 4.31 Å². The van der Waals surface area contributed by atoms with Crippen LogP contribution < -0.4 is 0 Å². The molecular formula is C13H19NO3S. The molecular weight excluding hydrogens is 250 g/mol. The van der Waals surface area contributed by atoms with Gasteiger partial charge in [0.05, 0.1) is 17.5 Å². The van der Waals surface area contributed by atoms with E-state index in [4.69, 9.17) is 0 Å². The normalized spacial score (nSPS) is 27.2. The van der Waals surface area contributed by atoms with Crippen LogP contribution in [-0.2, 0) is 10.0 Å². The van der Waals surface area contributed by atoms with Crippen LogP contribution in [-0.4, -0.2) is 36.5 Å². The van der Waals surface area contributed by atoms with E-state index >= 15 is 0 Å². The SMILES string of the molecule is CCC[C@@H]1[C@@H](CO)N1S(=O)(=O)c1ccc(C)cc1. The number of aliphatic hydroxyl groups excluding tert-OH is 1. The zero-order valence-corrected chi connectivity index (χ0v) is 11.5. The number of rotatable bonds is 5. The van der Waals surface area contributed by atoms with Crippen molar-refractivity contribution in [3.63, 3.8) is 0 Å². The highest BCUT2D eigenvalue weighted by Crippen LogP contribution is 2.38. The van der Waals surface area contributed by atoms with Crippen LogP contribution >= 0.6 is 0 Å². The largest absolute Gasteiger partial charge is 0.395 e. The number of hydrogen-bond acceptors (Lipinski definition) is 3. The van der Waals surface area contributed by atoms with Crippen molar-refractivity contribution in [2.24, 2.45) is 0 Å². The van der Waals surface area contributed by atoms with Gasteiger partial charge >= 0.3 is 0 Å². The third-order valence-corrected chi connectivity index (χ3v) is 5.34. The Morgan fingerprint density at radius 3 is 2.33 bits per heavy atom. The molecule has 2 rings (SSSR count). The van der Waals surface area contributed by atoms with Crippen molar-refractivity contribution >= 4 is 10.0 Å². The third-order valence-electron chi connectivity index (χ3n) is 3.38. The van der Waals surface area contributed by atoms with Gasteiger partial charge in [-0.05, 0) is 25.5 Å². The lowest BCUT2D eigenvalue weighted by Gasteiger charge is -2.06. The highest BCUT2D eigenvalue weighted by molar-refractivity contribution is 7.89. The van der Waals surface area contributed by atoms with E-state index in [0.717, 1.165) is 18.4 Å². The smallest absolute Gasteiger partial charge is 0.243 e. The maximum atomic E-state index is 12.4. The van der Waals surface area contributed by atoms with Crippen molar-refractivity contribution in [3.05, 3.63) is 29.8 Å². The van der Waals surface area contributed by atoms with Crippen molar-refractivity contribution in [3.8, 4) is 0 Å². The van der Waals surface area contributed by atoms with Crippen LogP contribution in [0.3, 0.4) is 0 Å². The molecule has 1 heterocycles. The number of aryl methyl sites for hydroxylation is 1. The predicted octanol–water partition coefficient (Wildman–Crippen LogP) is 1.53. The number of hydrogen-bond donors (Lipinski definition) is 1. The molecule has 1 saturated heterocycles. The third kappa shape index (κ3) is 2.30. The van der Waals surface area contributed by atoms with Gasteiger partial charge in [0.1, 0.15) is 0 Å². The average molecular weight is 269 g/mol. The van der Waals surface area contributed by atoms with Gasteiger partial charge < -0.3 is 5.11 Å². The van der Waals surface area contributed by atoms with E-state index in [0.29, 0.717) is 4.90 Å². The van der Waals surface area contributed by atoms with Gasteiger partial charge in [-0.1, -0.05) is 31.0 Å². The van der Waals surface area contributed by atoms with E-state index in [1.165, 1.54) is 4.31 Å². The Kier molecular flexibility index (Phi) is 3.75. The van der Waals surface area contributed by atoms with Crippen LogP contribution in [0.4, 0.5) is 0 Å². The molecule has 0 spiro atoms. The van der Waals surface area contributed by atoms with E-state index in [9.17, 15) is 13.5 Å². The number of aliphatic hydroxyl groups is 1. The molecule has 100 valence electrons. The van der Waals surface area contributed by atoms with Crippen molar-refractivity contribution < 1.29 is 13.5 Å². The number of nitrogens with zero attached hydrogens (tertiary/aromatic N) is 1. The molecule has 4 nitrogen and oxygen atoms in total. The standard InChI is InChI=1S/C13H19NO3S/c1-3-4-12-13(9-15)14(12)18(16,17)11-7-5-10(2)6-8-11/h5-8,12-13,15H,3-4,9H2,1-2H3/t12-,13-,14?/m1/s1. The van der Waals surface area contributed by atoms with Crippen molar-refractivity contribution in [2.75, 3.05) is 6.61 Å². The van der Waals surface area contributed by atoms with Gasteiger partial charge in [-0.15, -0.1) is 0 Å². The molecule has 0 aromatic heterocycles. The Balaban J connectivity index is 2.24. The van der Waals surface area contributed by atoms with Crippen LogP contribution in [0.2, 0.25) is 0 Å². The van der Waals surface area contributed by atoms with E-state index in [2.05, 4.69) is 0 Å². The first kappa shape index (κ1) is 13.5. The molecule has 1 unspecified atom stereocenters. The molecule has 0 radical (unpaired) electrons. The van der Waals surface area contributed by atoms with Gasteiger partial charge in [-0.2, -0.15) is 4.31 Å². The molecule has 1 aliphatic heterocycles. The number of benzene rings is 1. The molecule has 1 fully saturated rings. The molecule has 0 bridgehead atoms. The highest BCUT2D eigenvalue weighted by atomic mass is 32.2. The quantitative estimate of drug-likeness (QED) is 0.825. The molecule has 18 heavy (non-hydrogen) atoms. The van der Waals surface area contributed by atoms with Crippen LogP contribution in [0.1, 0.15) is 25.3 Å². The maximum Gasteiger partial charge on any atom is 0.243 e. The van der Waals surface area contributed by atoms with E-state index < -0.39 is 10.0 Å². The van der Waals surface area contributed by atoms with Crippen LogP contribution in [0.15, 0.2) is 29.2 Å². The summed E-state index contributed by atoms with van der Waals surface area (Å²) >= 11 is 0. The van der Waals surface area contributed by atoms with Crippen molar-refractivity contribution in [1.29, 1.82) is 0 Å². The first-order valence-corrected chi connectivity index (χ1v) is 7.67. The molecule has 1 aliphatic rings. The summed E-state index contributed by atoms with van der Waals surface area (Å²) in [4.78, 5) is 0.310. The molecule has 1 aromatic carbocycles. The minimum Gasteiger partial charge on any atom is -0.395 e. The predicted molar refractivity (Wildman–Crippen MR) is 69.8 cm³/mol. The number of sulfonamides is 1. The van der Waals surface area contributed by atoms with Crippen LogP contribution in [0.5, 0.6) is 0 Å². The average Bonchev–Trinajstić information content (AvgIpc) is 3.04. The molecule has 0 saturated carbocycles. The van der Waals surface area contributed by atoms with Crippen molar-refractivity contribution in [2.45, 2.75) is 43.7 Å². The summed E-state index contributed by atoms with van der Waals surface area (Å²) in [6.45, 7) is 3.84. The molecule has 0 amide bonds. The Morgan fingerprint density at radius 2 is 1.83 bits per heavy atom. The minimum absolute atomic E-state index is 0.0358. The van der Waals surface area contributed by atoms with Gasteiger partial charge in [-0.25, -0.2) is 8.42 Å². The second kappa shape index (κ2) is 4.99. The fraction of sp³-hybridized carbons (Fsp3) is 0.538. The summed E-state index contributed by atoms with van der Waals surface area (Å²) < 4.78 is 26.2. The van der Waals surface area contributed by atoms with Gasteiger partial charge in [0, 0.05) is 6.04 Å². The Morgan fingerprint density at radius 1 is 1.22 bits per heavy atom. The van der Waals surface area contributed by atoms with Gasteiger partial charge in [0.2, 0.25) is 10.0 Å². The van der Waals surface area contributed by atoms with E-state index in [1.807, 2.05) is 13.8 Å². The van der Waals surface area contributed by atoms with Crippen LogP contribution in [0.25, 0.3) is 0 Å². The molecule has 0 aliphatic carbocycles. The molecule has 5 heteroatoms. The lowest BCUT2D eigenvalue weighted by atomic mass is 10.2. The Hall–Kier alpha value is -0.910. The summed E-state index contributed by atoms with van der Waals surface area (Å²) in [6, 6.07) is 6.56. The van der Waals surface area contributed by atoms with E-state index in [1.54, 1.807) is 24.3 Å². The monoisotopic (exact) mass is 269 g/mol. The van der Waals surface area contributed by atoms with Crippen LogP contribution in [0, 0.1) is 6.92 Å². The fourth-order valence-electron chi connectivity index (χ4n) is 2.32. The van der Waals surface area contributed by atoms with Gasteiger partial charge in [0.25, 0.3) is 0 Å². The lowest BCUT2D eigenvalue weighted by molar-refractivity contribution is 0.286. The van der Waals surface area contributed by atoms with E-state index in [-0.39, 0.29) is 18.7 Å². The summed E-state index contributed by atoms with van der Waals surface area (Å²) in [6.07, 6.45) is 1.72. The fourth-order valence-corrected chi connectivity index (χ4v) is 4.15. The lowest BCUT2D eigenvalue weighted by Crippen LogP contribution is -2.17. The van der Waals surface area contributed by atoms with Gasteiger partial charge in [0.15, 0.2) is 0 Å². The summed E-state index contributed by atoms with van der Waals surface area (Å²) in [5.74, 6) is 0. The molecule has 1 aromatic rings. The minimum atomic E-state index is -3.44. The Bertz CT molecular complexity index is 510.